The molecule has 0 fully saturated rings. The number of hydrogen-bond acceptors (Lipinski definition) is 3. The van der Waals surface area contributed by atoms with Crippen LogP contribution in [0.2, 0.25) is 0 Å². The number of aryl methyl sites for hydroxylation is 2. The quantitative estimate of drug-likeness (QED) is 0.785. The van der Waals surface area contributed by atoms with Crippen molar-refractivity contribution in [1.29, 1.82) is 0 Å². The molecule has 0 spiro atoms. The van der Waals surface area contributed by atoms with Crippen LogP contribution >= 0.6 is 23.5 Å². The van der Waals surface area contributed by atoms with Crippen LogP contribution in [-0.2, 0) is 18.6 Å². The van der Waals surface area contributed by atoms with E-state index in [0.29, 0.717) is 0 Å². The molecule has 0 unspecified atom stereocenters. The van der Waals surface area contributed by atoms with Crippen LogP contribution in [0.15, 0.2) is 59.6 Å². The van der Waals surface area contributed by atoms with Gasteiger partial charge < -0.3 is 0 Å². The van der Waals surface area contributed by atoms with Crippen molar-refractivity contribution >= 4 is 27.9 Å². The summed E-state index contributed by atoms with van der Waals surface area (Å²) in [6.07, 6.45) is 2.22. The fourth-order valence-electron chi connectivity index (χ4n) is 2.41. The van der Waals surface area contributed by atoms with Gasteiger partial charge in [-0.1, -0.05) is 78.1 Å². The van der Waals surface area contributed by atoms with E-state index in [0.717, 1.165) is 30.9 Å². The Kier molecular flexibility index (Phi) is 5.41. The van der Waals surface area contributed by atoms with Crippen LogP contribution in [0.4, 0.5) is 0 Å². The third-order valence-electron chi connectivity index (χ3n) is 3.55. The van der Waals surface area contributed by atoms with Gasteiger partial charge in [0.05, 0.1) is 6.54 Å². The van der Waals surface area contributed by atoms with Gasteiger partial charge in [0.1, 0.15) is 4.38 Å². The number of rotatable bonds is 5. The minimum Gasteiger partial charge on any atom is -0.271 e. The first kappa shape index (κ1) is 14.7. The van der Waals surface area contributed by atoms with Crippen molar-refractivity contribution in [2.75, 3.05) is 12.3 Å². The molecule has 2 aromatic carbocycles. The molecule has 0 saturated heterocycles. The van der Waals surface area contributed by atoms with Crippen LogP contribution in [0.1, 0.15) is 16.7 Å². The Balaban J connectivity index is 1.62. The normalized spacial score (nSPS) is 14.2. The van der Waals surface area contributed by atoms with E-state index in [-0.39, 0.29) is 0 Å². The highest BCUT2D eigenvalue weighted by Gasteiger charge is 2.09. The maximum Gasteiger partial charge on any atom is 0.124 e. The molecule has 21 heavy (non-hydrogen) atoms. The average molecular weight is 313 g/mol. The zero-order chi connectivity index (χ0) is 14.3. The standard InChI is InChI=1S/C18H19NS2/c1-2-6-15(7-3-1)10-11-16-8-4-5-9-17(16)14-21-18-19-12-13-20-18/h1-9H,10-14H2. The van der Waals surface area contributed by atoms with Crippen molar-refractivity contribution < 1.29 is 0 Å². The Hall–Kier alpha value is -1.19. The number of nitrogens with zero attached hydrogens (tertiary/aromatic N) is 1. The van der Waals surface area contributed by atoms with Crippen LogP contribution in [0.3, 0.4) is 0 Å². The van der Waals surface area contributed by atoms with E-state index in [1.54, 1.807) is 0 Å². The summed E-state index contributed by atoms with van der Waals surface area (Å²) < 4.78 is 1.26. The van der Waals surface area contributed by atoms with Crippen molar-refractivity contribution in [1.82, 2.24) is 0 Å². The Morgan fingerprint density at radius 1 is 0.905 bits per heavy atom. The van der Waals surface area contributed by atoms with Gasteiger partial charge in [-0.05, 0) is 29.5 Å². The van der Waals surface area contributed by atoms with E-state index in [1.165, 1.54) is 21.1 Å². The van der Waals surface area contributed by atoms with Gasteiger partial charge in [-0.25, -0.2) is 0 Å². The van der Waals surface area contributed by atoms with Crippen molar-refractivity contribution in [2.45, 2.75) is 18.6 Å². The molecule has 1 nitrogen and oxygen atoms in total. The zero-order valence-electron chi connectivity index (χ0n) is 12.0. The summed E-state index contributed by atoms with van der Waals surface area (Å²) >= 11 is 3.78. The molecule has 0 bridgehead atoms. The maximum absolute atomic E-state index is 4.52. The lowest BCUT2D eigenvalue weighted by Crippen LogP contribution is -1.97. The third-order valence-corrected chi connectivity index (χ3v) is 5.85. The molecule has 0 aromatic heterocycles. The Labute approximate surface area is 135 Å². The minimum atomic E-state index is 0.989. The monoisotopic (exact) mass is 313 g/mol. The highest BCUT2D eigenvalue weighted by molar-refractivity contribution is 8.38. The van der Waals surface area contributed by atoms with Gasteiger partial charge in [0.2, 0.25) is 0 Å². The molecular formula is C18H19NS2. The molecule has 0 N–H and O–H groups in total. The minimum absolute atomic E-state index is 0.989. The molecule has 0 amide bonds. The van der Waals surface area contributed by atoms with Gasteiger partial charge >= 0.3 is 0 Å². The fourth-order valence-corrected chi connectivity index (χ4v) is 4.45. The molecular weight excluding hydrogens is 294 g/mol. The molecule has 0 saturated carbocycles. The van der Waals surface area contributed by atoms with Crippen molar-refractivity contribution in [3.8, 4) is 0 Å². The number of benzene rings is 2. The summed E-state index contributed by atoms with van der Waals surface area (Å²) in [6, 6.07) is 19.5. The number of thioether (sulfide) groups is 2. The largest absolute Gasteiger partial charge is 0.271 e. The third kappa shape index (κ3) is 4.39. The summed E-state index contributed by atoms with van der Waals surface area (Å²) in [5.41, 5.74) is 4.33. The molecule has 0 radical (unpaired) electrons. The molecule has 3 rings (SSSR count). The first-order valence-electron chi connectivity index (χ1n) is 7.32. The summed E-state index contributed by atoms with van der Waals surface area (Å²) in [5.74, 6) is 2.19. The molecule has 0 aliphatic carbocycles. The van der Waals surface area contributed by atoms with Crippen LogP contribution in [0, 0.1) is 0 Å². The van der Waals surface area contributed by atoms with Gasteiger partial charge in [0.15, 0.2) is 0 Å². The van der Waals surface area contributed by atoms with Crippen LogP contribution in [0.5, 0.6) is 0 Å². The number of hydrogen-bond donors (Lipinski definition) is 0. The van der Waals surface area contributed by atoms with Gasteiger partial charge in [-0.15, -0.1) is 0 Å². The van der Waals surface area contributed by atoms with Gasteiger partial charge in [-0.3, -0.25) is 4.99 Å². The Bertz CT molecular complexity index is 608. The first-order chi connectivity index (χ1) is 10.4. The van der Waals surface area contributed by atoms with Crippen molar-refractivity contribution in [3.05, 3.63) is 71.3 Å². The van der Waals surface area contributed by atoms with Crippen molar-refractivity contribution in [3.63, 3.8) is 0 Å². The van der Waals surface area contributed by atoms with Gasteiger partial charge in [0.25, 0.3) is 0 Å². The van der Waals surface area contributed by atoms with E-state index >= 15 is 0 Å². The van der Waals surface area contributed by atoms with Gasteiger partial charge in [0, 0.05) is 11.5 Å². The molecule has 1 aliphatic heterocycles. The lowest BCUT2D eigenvalue weighted by molar-refractivity contribution is 0.947. The van der Waals surface area contributed by atoms with E-state index in [9.17, 15) is 0 Å². The summed E-state index contributed by atoms with van der Waals surface area (Å²) in [6.45, 7) is 0.989. The molecule has 1 heterocycles. The highest BCUT2D eigenvalue weighted by Crippen LogP contribution is 2.26. The van der Waals surface area contributed by atoms with Gasteiger partial charge in [-0.2, -0.15) is 0 Å². The zero-order valence-corrected chi connectivity index (χ0v) is 13.6. The first-order valence-corrected chi connectivity index (χ1v) is 9.30. The van der Waals surface area contributed by atoms with Crippen LogP contribution in [-0.4, -0.2) is 16.7 Å². The van der Waals surface area contributed by atoms with E-state index in [1.807, 2.05) is 23.5 Å². The summed E-state index contributed by atoms with van der Waals surface area (Å²) in [4.78, 5) is 4.52. The second kappa shape index (κ2) is 7.71. The molecule has 1 aliphatic rings. The average Bonchev–Trinajstić information content (AvgIpc) is 3.06. The Morgan fingerprint density at radius 3 is 2.43 bits per heavy atom. The number of aliphatic imine (C=N–C) groups is 1. The predicted octanol–water partition coefficient (Wildman–Crippen LogP) is 4.81. The lowest BCUT2D eigenvalue weighted by atomic mass is 10.0. The molecule has 0 atom stereocenters. The molecule has 108 valence electrons. The second-order valence-electron chi connectivity index (χ2n) is 5.04. The smallest absolute Gasteiger partial charge is 0.124 e. The SMILES string of the molecule is c1ccc(CCc2ccccc2CSC2=NCCS2)cc1. The molecule has 3 heteroatoms. The summed E-state index contributed by atoms with van der Waals surface area (Å²) in [7, 11) is 0. The maximum atomic E-state index is 4.52. The van der Waals surface area contributed by atoms with Crippen LogP contribution < -0.4 is 0 Å². The lowest BCUT2D eigenvalue weighted by Gasteiger charge is -2.09. The predicted molar refractivity (Wildman–Crippen MR) is 96.3 cm³/mol. The second-order valence-corrected chi connectivity index (χ2v) is 7.35. The van der Waals surface area contributed by atoms with Crippen molar-refractivity contribution in [2.24, 2.45) is 4.99 Å². The van der Waals surface area contributed by atoms with E-state index < -0.39 is 0 Å². The Morgan fingerprint density at radius 2 is 1.67 bits per heavy atom. The van der Waals surface area contributed by atoms with Crippen LogP contribution in [0.25, 0.3) is 0 Å². The van der Waals surface area contributed by atoms with E-state index in [4.69, 9.17) is 0 Å². The van der Waals surface area contributed by atoms with E-state index in [2.05, 4.69) is 59.6 Å². The summed E-state index contributed by atoms with van der Waals surface area (Å²) in [5, 5.41) is 0. The fraction of sp³-hybridized carbons (Fsp3) is 0.278. The molecule has 2 aromatic rings. The topological polar surface area (TPSA) is 12.4 Å². The highest BCUT2D eigenvalue weighted by atomic mass is 32.2.